The van der Waals surface area contributed by atoms with Crippen LogP contribution in [0.4, 0.5) is 10.1 Å². The van der Waals surface area contributed by atoms with Gasteiger partial charge in [-0.05, 0) is 84.3 Å². The molecule has 45 heavy (non-hydrogen) atoms. The van der Waals surface area contributed by atoms with Crippen LogP contribution in [0.3, 0.4) is 0 Å². The van der Waals surface area contributed by atoms with Crippen LogP contribution in [0, 0.1) is 25.6 Å². The Morgan fingerprint density at radius 1 is 1.00 bits per heavy atom. The number of hydrogen-bond donors (Lipinski definition) is 2. The summed E-state index contributed by atoms with van der Waals surface area (Å²) in [5.74, 6) is 0.00985. The summed E-state index contributed by atoms with van der Waals surface area (Å²) < 4.78 is 23.2. The van der Waals surface area contributed by atoms with Gasteiger partial charge in [-0.3, -0.25) is 19.0 Å². The Labute approximate surface area is 260 Å². The van der Waals surface area contributed by atoms with Crippen LogP contribution >= 0.6 is 0 Å². The number of methoxy groups -OCH3 is 1. The summed E-state index contributed by atoms with van der Waals surface area (Å²) in [6.07, 6.45) is 3.29. The van der Waals surface area contributed by atoms with Crippen molar-refractivity contribution >= 4 is 17.4 Å². The molecule has 1 heterocycles. The largest absolute Gasteiger partial charge is 0.496 e. The topological polar surface area (TPSA) is 111 Å². The van der Waals surface area contributed by atoms with Gasteiger partial charge < -0.3 is 19.9 Å². The number of Topliss-reactive ketones (excluding diaryl/α,β-unsaturated/α-hetero) is 1. The second-order valence-electron chi connectivity index (χ2n) is 11.6. The van der Waals surface area contributed by atoms with Crippen molar-refractivity contribution in [3.8, 4) is 28.0 Å². The van der Waals surface area contributed by atoms with E-state index in [1.165, 1.54) is 38.0 Å². The summed E-state index contributed by atoms with van der Waals surface area (Å²) in [6.45, 7) is 4.79. The molecule has 234 valence electrons. The van der Waals surface area contributed by atoms with Crippen LogP contribution < -0.4 is 26.6 Å². The summed E-state index contributed by atoms with van der Waals surface area (Å²) >= 11 is 0. The number of hydrogen-bond acceptors (Lipinski definition) is 6. The molecule has 1 amide bonds. The molecule has 0 saturated heterocycles. The van der Waals surface area contributed by atoms with Gasteiger partial charge in [0.25, 0.3) is 11.5 Å². The average molecular weight is 613 g/mol. The lowest BCUT2D eigenvalue weighted by molar-refractivity contribution is -0.117. The smallest absolute Gasteiger partial charge is 0.330 e. The number of benzene rings is 3. The third-order valence-corrected chi connectivity index (χ3v) is 8.67. The van der Waals surface area contributed by atoms with Crippen molar-refractivity contribution in [3.05, 3.63) is 104 Å². The average Bonchev–Trinajstić information content (AvgIpc) is 3.44. The molecule has 0 aliphatic heterocycles. The molecule has 0 radical (unpaired) electrons. The van der Waals surface area contributed by atoms with Crippen molar-refractivity contribution in [2.24, 2.45) is 20.0 Å². The minimum absolute atomic E-state index is 0.147. The van der Waals surface area contributed by atoms with E-state index in [4.69, 9.17) is 4.74 Å². The van der Waals surface area contributed by atoms with Crippen LogP contribution in [0.25, 0.3) is 22.3 Å². The maximum Gasteiger partial charge on any atom is 0.330 e. The zero-order valence-electron chi connectivity index (χ0n) is 26.1. The highest BCUT2D eigenvalue weighted by atomic mass is 19.1. The van der Waals surface area contributed by atoms with Crippen LogP contribution in [0.5, 0.6) is 5.75 Å². The minimum atomic E-state index is -0.678. The van der Waals surface area contributed by atoms with Crippen LogP contribution in [0.15, 0.2) is 64.3 Å². The predicted octanol–water partition coefficient (Wildman–Crippen LogP) is 4.89. The lowest BCUT2D eigenvalue weighted by atomic mass is 9.90. The fourth-order valence-electron chi connectivity index (χ4n) is 6.04. The standard InChI is InChI=1S/C35H37FN4O5/c1-20-25(23-15-30(36)28(32(16-23)45-5)18-37-17-22-12-13-24(41)14-22)8-6-9-26(20)27-10-7-11-31(21(27)2)38-33(42)29-19-39(3)35(44)40(4)34(29)43/h6-11,15-16,19,22,37H,12-14,17-18H2,1-5H3,(H,38,42)/t22-/m0/s1. The molecular weight excluding hydrogens is 575 g/mol. The van der Waals surface area contributed by atoms with Gasteiger partial charge in [-0.25, -0.2) is 9.18 Å². The van der Waals surface area contributed by atoms with Crippen molar-refractivity contribution < 1.29 is 18.7 Å². The molecule has 1 aromatic heterocycles. The minimum Gasteiger partial charge on any atom is -0.496 e. The molecule has 1 aliphatic rings. The van der Waals surface area contributed by atoms with E-state index < -0.39 is 17.2 Å². The first kappa shape index (κ1) is 31.6. The van der Waals surface area contributed by atoms with E-state index in [1.807, 2.05) is 50.2 Å². The summed E-state index contributed by atoms with van der Waals surface area (Å²) in [7, 11) is 4.33. The Morgan fingerprint density at radius 2 is 1.69 bits per heavy atom. The van der Waals surface area contributed by atoms with Gasteiger partial charge in [-0.1, -0.05) is 30.3 Å². The van der Waals surface area contributed by atoms with Crippen LogP contribution in [-0.4, -0.2) is 34.5 Å². The van der Waals surface area contributed by atoms with Gasteiger partial charge >= 0.3 is 5.69 Å². The Kier molecular flexibility index (Phi) is 9.15. The van der Waals surface area contributed by atoms with Crippen LogP contribution in [0.1, 0.15) is 46.3 Å². The zero-order valence-corrected chi connectivity index (χ0v) is 26.1. The number of halogens is 1. The van der Waals surface area contributed by atoms with E-state index >= 15 is 4.39 Å². The second-order valence-corrected chi connectivity index (χ2v) is 11.6. The third-order valence-electron chi connectivity index (χ3n) is 8.67. The number of amides is 1. The molecule has 0 spiro atoms. The molecule has 3 aromatic carbocycles. The van der Waals surface area contributed by atoms with E-state index in [1.54, 1.807) is 6.07 Å². The number of ketones is 1. The number of carbonyl (C=O) groups is 2. The summed E-state index contributed by atoms with van der Waals surface area (Å²) in [4.78, 5) is 49.4. The number of ether oxygens (including phenoxy) is 1. The van der Waals surface area contributed by atoms with E-state index in [0.717, 1.165) is 38.8 Å². The Balaban J connectivity index is 1.42. The van der Waals surface area contributed by atoms with Crippen molar-refractivity contribution in [1.82, 2.24) is 14.5 Å². The SMILES string of the molecule is COc1cc(-c2cccc(-c3cccc(NC(=O)c4cn(C)c(=O)n(C)c4=O)c3C)c2C)cc(F)c1CNC[C@H]1CCC(=O)C1. The van der Waals surface area contributed by atoms with Gasteiger partial charge in [-0.15, -0.1) is 0 Å². The van der Waals surface area contributed by atoms with Crippen molar-refractivity contribution in [2.75, 3.05) is 19.0 Å². The quantitative estimate of drug-likeness (QED) is 0.278. The third kappa shape index (κ3) is 6.37. The molecule has 1 fully saturated rings. The number of nitrogens with zero attached hydrogens (tertiary/aromatic N) is 2. The fourth-order valence-corrected chi connectivity index (χ4v) is 6.04. The van der Waals surface area contributed by atoms with Gasteiger partial charge in [-0.2, -0.15) is 0 Å². The van der Waals surface area contributed by atoms with Gasteiger partial charge in [0.2, 0.25) is 0 Å². The number of carbonyl (C=O) groups excluding carboxylic acids is 2. The van der Waals surface area contributed by atoms with Gasteiger partial charge in [0, 0.05) is 50.9 Å². The summed E-state index contributed by atoms with van der Waals surface area (Å²) in [6, 6.07) is 14.7. The van der Waals surface area contributed by atoms with Crippen LogP contribution in [-0.2, 0) is 25.4 Å². The molecule has 9 nitrogen and oxygen atoms in total. The van der Waals surface area contributed by atoms with E-state index in [-0.39, 0.29) is 23.1 Å². The van der Waals surface area contributed by atoms with E-state index in [2.05, 4.69) is 10.6 Å². The highest BCUT2D eigenvalue weighted by Gasteiger charge is 2.23. The highest BCUT2D eigenvalue weighted by Crippen LogP contribution is 2.37. The Bertz CT molecular complexity index is 1930. The molecule has 0 bridgehead atoms. The van der Waals surface area contributed by atoms with E-state index in [0.29, 0.717) is 48.5 Å². The first-order chi connectivity index (χ1) is 21.5. The summed E-state index contributed by atoms with van der Waals surface area (Å²) in [5, 5.41) is 6.12. The summed E-state index contributed by atoms with van der Waals surface area (Å²) in [5.41, 5.74) is 4.56. The van der Waals surface area contributed by atoms with Crippen molar-refractivity contribution in [3.63, 3.8) is 0 Å². The van der Waals surface area contributed by atoms with Gasteiger partial charge in [0.1, 0.15) is 22.9 Å². The normalized spacial score (nSPS) is 14.5. The molecule has 10 heteroatoms. The van der Waals surface area contributed by atoms with Gasteiger partial charge in [0.05, 0.1) is 7.11 Å². The number of aryl methyl sites for hydroxylation is 1. The van der Waals surface area contributed by atoms with Crippen molar-refractivity contribution in [1.29, 1.82) is 0 Å². The number of anilines is 1. The highest BCUT2D eigenvalue weighted by molar-refractivity contribution is 6.04. The molecule has 1 atom stereocenters. The Morgan fingerprint density at radius 3 is 2.38 bits per heavy atom. The molecule has 2 N–H and O–H groups in total. The second kappa shape index (κ2) is 13.0. The number of nitrogens with one attached hydrogen (secondary N) is 2. The van der Waals surface area contributed by atoms with Crippen LogP contribution in [0.2, 0.25) is 0 Å². The molecule has 0 unspecified atom stereocenters. The maximum absolute atomic E-state index is 15.5. The zero-order chi connectivity index (χ0) is 32.4. The molecule has 5 rings (SSSR count). The predicted molar refractivity (Wildman–Crippen MR) is 172 cm³/mol. The number of aromatic nitrogens is 2. The molecule has 1 aliphatic carbocycles. The molecular formula is C35H37FN4O5. The van der Waals surface area contributed by atoms with E-state index in [9.17, 15) is 19.2 Å². The lowest BCUT2D eigenvalue weighted by Crippen LogP contribution is -2.40. The lowest BCUT2D eigenvalue weighted by Gasteiger charge is -2.18. The number of rotatable bonds is 9. The Hall–Kier alpha value is -4.83. The first-order valence-corrected chi connectivity index (χ1v) is 14.9. The van der Waals surface area contributed by atoms with Crippen molar-refractivity contribution in [2.45, 2.75) is 39.7 Å². The molecule has 4 aromatic rings. The van der Waals surface area contributed by atoms with Gasteiger partial charge in [0.15, 0.2) is 0 Å². The maximum atomic E-state index is 15.5. The monoisotopic (exact) mass is 612 g/mol. The first-order valence-electron chi connectivity index (χ1n) is 14.9. The molecule has 1 saturated carbocycles. The fraction of sp³-hybridized carbons (Fsp3) is 0.314.